The first-order chi connectivity index (χ1) is 19.6. The van der Waals surface area contributed by atoms with Gasteiger partial charge in [0.1, 0.15) is 5.82 Å². The fraction of sp³-hybridized carbons (Fsp3) is 0.588. The van der Waals surface area contributed by atoms with E-state index in [1.54, 1.807) is 0 Å². The molecule has 2 unspecified atom stereocenters. The van der Waals surface area contributed by atoms with Gasteiger partial charge >= 0.3 is 0 Å². The monoisotopic (exact) mass is 562 g/mol. The lowest BCUT2D eigenvalue weighted by Gasteiger charge is -2.43. The molecule has 0 radical (unpaired) electrons. The molecule has 41 heavy (non-hydrogen) atoms. The van der Waals surface area contributed by atoms with Gasteiger partial charge in [-0.2, -0.15) is 0 Å². The Labute approximate surface area is 242 Å². The summed E-state index contributed by atoms with van der Waals surface area (Å²) >= 11 is 0. The number of para-hydroxylation sites is 2. The summed E-state index contributed by atoms with van der Waals surface area (Å²) in [6, 6.07) is 20.6. The Morgan fingerprint density at radius 2 is 1.61 bits per heavy atom. The van der Waals surface area contributed by atoms with E-state index < -0.39 is 5.92 Å². The minimum atomic E-state index is -2.62. The maximum atomic E-state index is 13.7. The summed E-state index contributed by atoms with van der Waals surface area (Å²) in [5.74, 6) is -1.79. The van der Waals surface area contributed by atoms with Crippen LogP contribution in [0.4, 0.5) is 8.78 Å². The molecule has 1 aliphatic carbocycles. The van der Waals surface area contributed by atoms with Gasteiger partial charge in [-0.15, -0.1) is 0 Å². The largest absolute Gasteiger partial charge is 0.345 e. The number of hydrogen-bond donors (Lipinski definition) is 0. The fourth-order valence-electron chi connectivity index (χ4n) is 8.18. The highest BCUT2D eigenvalue weighted by Gasteiger charge is 2.43. The fourth-order valence-corrected chi connectivity index (χ4v) is 8.18. The lowest BCUT2D eigenvalue weighted by atomic mass is 9.78. The molecule has 7 heteroatoms. The molecule has 1 amide bonds. The van der Waals surface area contributed by atoms with Gasteiger partial charge in [0, 0.05) is 55.9 Å². The molecule has 3 fully saturated rings. The summed E-state index contributed by atoms with van der Waals surface area (Å²) in [7, 11) is 1.86. The minimum absolute atomic E-state index is 0.0199. The van der Waals surface area contributed by atoms with Crippen LogP contribution in [0.5, 0.6) is 0 Å². The summed E-state index contributed by atoms with van der Waals surface area (Å²) in [6.07, 6.45) is 5.90. The number of likely N-dealkylation sites (N-methyl/N-ethyl adjacent to an activating group) is 1. The number of hydrogen-bond acceptors (Lipinski definition) is 3. The second kappa shape index (κ2) is 11.1. The summed E-state index contributed by atoms with van der Waals surface area (Å²) < 4.78 is 30.0. The van der Waals surface area contributed by atoms with Crippen LogP contribution in [0.15, 0.2) is 54.6 Å². The lowest BCUT2D eigenvalue weighted by molar-refractivity contribution is -0.139. The number of benzene rings is 2. The average molecular weight is 563 g/mol. The van der Waals surface area contributed by atoms with Crippen molar-refractivity contribution in [2.45, 2.75) is 101 Å². The van der Waals surface area contributed by atoms with Crippen LogP contribution in [0.1, 0.15) is 82.1 Å². The van der Waals surface area contributed by atoms with Crippen LogP contribution in [0.25, 0.3) is 11.0 Å². The first kappa shape index (κ1) is 28.3. The Morgan fingerprint density at radius 3 is 2.29 bits per heavy atom. The van der Waals surface area contributed by atoms with Crippen molar-refractivity contribution < 1.29 is 13.6 Å². The molecular formula is C34H44F2N4O. The number of imidazole rings is 1. The maximum Gasteiger partial charge on any atom is 0.248 e. The number of fused-ring (bicyclic) bond motifs is 3. The van der Waals surface area contributed by atoms with E-state index in [4.69, 9.17) is 4.98 Å². The number of halogens is 2. The highest BCUT2D eigenvalue weighted by atomic mass is 19.3. The van der Waals surface area contributed by atoms with Gasteiger partial charge in [0.05, 0.1) is 11.0 Å². The zero-order valence-corrected chi connectivity index (χ0v) is 24.7. The highest BCUT2D eigenvalue weighted by Crippen LogP contribution is 2.43. The second-order valence-corrected chi connectivity index (χ2v) is 13.3. The van der Waals surface area contributed by atoms with Crippen LogP contribution < -0.4 is 0 Å². The van der Waals surface area contributed by atoms with E-state index in [1.807, 2.05) is 18.0 Å². The third-order valence-corrected chi connectivity index (χ3v) is 10.4. The standard InChI is InChI=1S/C34H44F2N4O/c1-24-37-30-11-7-8-12-31(30)40(24)29-21-27-13-14-28(22-29)39(27)20-19-33(2,26-9-5-4-6-10-26)23-38(3)32(41)25-15-17-34(35,36)18-16-25/h4-12,25,27-29H,13-23H2,1-3H3/t27-,28+,29?,33?. The molecule has 3 heterocycles. The Hall–Kier alpha value is -2.80. The highest BCUT2D eigenvalue weighted by molar-refractivity contribution is 5.79. The van der Waals surface area contributed by atoms with E-state index >= 15 is 0 Å². The van der Waals surface area contributed by atoms with E-state index in [0.29, 0.717) is 24.7 Å². The van der Waals surface area contributed by atoms with E-state index in [1.165, 1.54) is 23.9 Å². The molecule has 2 aliphatic heterocycles. The molecule has 5 nitrogen and oxygen atoms in total. The van der Waals surface area contributed by atoms with Crippen molar-refractivity contribution in [2.24, 2.45) is 5.92 Å². The summed E-state index contributed by atoms with van der Waals surface area (Å²) in [5.41, 5.74) is 3.34. The number of rotatable bonds is 8. The van der Waals surface area contributed by atoms with Crippen molar-refractivity contribution in [3.63, 3.8) is 0 Å². The number of aromatic nitrogens is 2. The summed E-state index contributed by atoms with van der Waals surface area (Å²) in [6.45, 7) is 6.00. The van der Waals surface area contributed by atoms with Gasteiger partial charge < -0.3 is 9.47 Å². The second-order valence-electron chi connectivity index (χ2n) is 13.3. The Morgan fingerprint density at radius 1 is 0.976 bits per heavy atom. The summed E-state index contributed by atoms with van der Waals surface area (Å²) in [5, 5.41) is 0. The topological polar surface area (TPSA) is 41.4 Å². The van der Waals surface area contributed by atoms with Gasteiger partial charge in [0.15, 0.2) is 0 Å². The van der Waals surface area contributed by atoms with Crippen molar-refractivity contribution >= 4 is 16.9 Å². The lowest BCUT2D eigenvalue weighted by Crippen LogP contribution is -2.48. The smallest absolute Gasteiger partial charge is 0.248 e. The first-order valence-corrected chi connectivity index (χ1v) is 15.5. The minimum Gasteiger partial charge on any atom is -0.345 e. The van der Waals surface area contributed by atoms with E-state index in [9.17, 15) is 13.6 Å². The molecule has 2 bridgehead atoms. The molecule has 2 saturated heterocycles. The van der Waals surface area contributed by atoms with Gasteiger partial charge in [0.25, 0.3) is 0 Å². The van der Waals surface area contributed by atoms with E-state index in [-0.39, 0.29) is 42.9 Å². The van der Waals surface area contributed by atoms with Crippen LogP contribution in [-0.2, 0) is 10.2 Å². The molecule has 4 atom stereocenters. The number of alkyl halides is 2. The van der Waals surface area contributed by atoms with Gasteiger partial charge in [-0.3, -0.25) is 9.69 Å². The van der Waals surface area contributed by atoms with Gasteiger partial charge in [-0.05, 0) is 76.1 Å². The summed E-state index contributed by atoms with van der Waals surface area (Å²) in [4.78, 5) is 22.8. The number of nitrogens with zero attached hydrogens (tertiary/aromatic N) is 4. The Kier molecular flexibility index (Phi) is 7.68. The Balaban J connectivity index is 1.15. The predicted octanol–water partition coefficient (Wildman–Crippen LogP) is 7.14. The van der Waals surface area contributed by atoms with Crippen LogP contribution in [0.2, 0.25) is 0 Å². The molecule has 0 N–H and O–H groups in total. The zero-order valence-electron chi connectivity index (χ0n) is 24.7. The normalized spacial score (nSPS) is 26.2. The SMILES string of the molecule is Cc1nc2ccccc2n1C1C[C@H]2CC[C@@H](C1)N2CCC(C)(CN(C)C(=O)C1CCC(F)(F)CC1)c1ccccc1. The van der Waals surface area contributed by atoms with Crippen LogP contribution >= 0.6 is 0 Å². The molecule has 220 valence electrons. The van der Waals surface area contributed by atoms with E-state index in [2.05, 4.69) is 71.8 Å². The van der Waals surface area contributed by atoms with Gasteiger partial charge in [-0.25, -0.2) is 13.8 Å². The van der Waals surface area contributed by atoms with Crippen molar-refractivity contribution in [1.82, 2.24) is 19.4 Å². The number of carbonyl (C=O) groups excluding carboxylic acids is 1. The molecule has 1 aromatic heterocycles. The average Bonchev–Trinajstić information content (AvgIpc) is 3.42. The molecule has 2 aromatic carbocycles. The van der Waals surface area contributed by atoms with Crippen LogP contribution in [0, 0.1) is 12.8 Å². The molecule has 6 rings (SSSR count). The number of amides is 1. The van der Waals surface area contributed by atoms with Gasteiger partial charge in [-0.1, -0.05) is 49.4 Å². The van der Waals surface area contributed by atoms with E-state index in [0.717, 1.165) is 37.1 Å². The van der Waals surface area contributed by atoms with Gasteiger partial charge in [0.2, 0.25) is 11.8 Å². The Bertz CT molecular complexity index is 1350. The molecule has 3 aliphatic rings. The number of piperidine rings is 1. The van der Waals surface area contributed by atoms with Crippen LogP contribution in [0.3, 0.4) is 0 Å². The third kappa shape index (κ3) is 5.67. The first-order valence-electron chi connectivity index (χ1n) is 15.5. The molecule has 3 aromatic rings. The van der Waals surface area contributed by atoms with Crippen molar-refractivity contribution in [3.05, 3.63) is 66.0 Å². The van der Waals surface area contributed by atoms with Crippen molar-refractivity contribution in [2.75, 3.05) is 20.1 Å². The number of carbonyl (C=O) groups is 1. The predicted molar refractivity (Wildman–Crippen MR) is 159 cm³/mol. The zero-order chi connectivity index (χ0) is 28.8. The van der Waals surface area contributed by atoms with Crippen molar-refractivity contribution in [3.8, 4) is 0 Å². The van der Waals surface area contributed by atoms with Crippen LogP contribution in [-0.4, -0.2) is 63.4 Å². The molecule has 0 spiro atoms. The maximum absolute atomic E-state index is 13.7. The molecule has 1 saturated carbocycles. The quantitative estimate of drug-likeness (QED) is 0.293. The van der Waals surface area contributed by atoms with Crippen molar-refractivity contribution in [1.29, 1.82) is 0 Å². The number of aryl methyl sites for hydroxylation is 1. The molecular weight excluding hydrogens is 518 g/mol. The third-order valence-electron chi connectivity index (χ3n) is 10.4.